The van der Waals surface area contributed by atoms with Crippen LogP contribution in [0.25, 0.3) is 10.7 Å². The van der Waals surface area contributed by atoms with E-state index in [0.717, 1.165) is 4.68 Å². The average Bonchev–Trinajstić information content (AvgIpc) is 2.71. The number of nitrogens with zero attached hydrogens (tertiary/aromatic N) is 3. The highest BCUT2D eigenvalue weighted by molar-refractivity contribution is 7.13. The normalized spacial score (nSPS) is 11.9. The van der Waals surface area contributed by atoms with E-state index in [1.807, 2.05) is 0 Å². The van der Waals surface area contributed by atoms with Crippen molar-refractivity contribution in [3.63, 3.8) is 0 Å². The summed E-state index contributed by atoms with van der Waals surface area (Å²) in [6.07, 6.45) is -3.01. The fourth-order valence-electron chi connectivity index (χ4n) is 1.15. The molecule has 86 valence electrons. The molecule has 8 heteroatoms. The van der Waals surface area contributed by atoms with Crippen LogP contribution in [0.3, 0.4) is 0 Å². The molecule has 0 radical (unpaired) electrons. The van der Waals surface area contributed by atoms with Gasteiger partial charge in [0.1, 0.15) is 23.1 Å². The van der Waals surface area contributed by atoms with Gasteiger partial charge in [0.05, 0.1) is 0 Å². The lowest BCUT2D eigenvalue weighted by atomic mass is 10.5. The van der Waals surface area contributed by atoms with Gasteiger partial charge in [-0.15, -0.1) is 11.3 Å². The maximum Gasteiger partial charge on any atom is 0.408 e. The van der Waals surface area contributed by atoms with Crippen molar-refractivity contribution in [3.8, 4) is 10.7 Å². The van der Waals surface area contributed by atoms with E-state index in [-0.39, 0.29) is 0 Å². The number of rotatable bonds is 2. The Morgan fingerprint density at radius 1 is 1.44 bits per heavy atom. The van der Waals surface area contributed by atoms with Gasteiger partial charge in [-0.1, -0.05) is 0 Å². The number of nitrogen functional groups attached to an aromatic ring is 1. The second kappa shape index (κ2) is 3.78. The summed E-state index contributed by atoms with van der Waals surface area (Å²) in [4.78, 5) is 3.93. The first-order valence-electron chi connectivity index (χ1n) is 4.25. The van der Waals surface area contributed by atoms with Gasteiger partial charge in [0.25, 0.3) is 0 Å². The zero-order valence-electron chi connectivity index (χ0n) is 7.90. The van der Waals surface area contributed by atoms with Crippen LogP contribution in [-0.4, -0.2) is 20.9 Å². The number of halogens is 3. The van der Waals surface area contributed by atoms with E-state index < -0.39 is 12.7 Å². The molecule has 0 aliphatic heterocycles. The van der Waals surface area contributed by atoms with Crippen LogP contribution in [0, 0.1) is 0 Å². The monoisotopic (exact) mass is 248 g/mol. The first kappa shape index (κ1) is 10.9. The van der Waals surface area contributed by atoms with Gasteiger partial charge in [-0.2, -0.15) is 18.3 Å². The molecule has 0 saturated heterocycles. The van der Waals surface area contributed by atoms with Crippen molar-refractivity contribution in [2.24, 2.45) is 0 Å². The highest BCUT2D eigenvalue weighted by atomic mass is 32.1. The van der Waals surface area contributed by atoms with Crippen LogP contribution in [0.15, 0.2) is 17.6 Å². The second-order valence-electron chi connectivity index (χ2n) is 3.09. The van der Waals surface area contributed by atoms with E-state index in [4.69, 9.17) is 5.73 Å². The van der Waals surface area contributed by atoms with Crippen LogP contribution < -0.4 is 5.73 Å². The molecule has 0 atom stereocenters. The minimum Gasteiger partial charge on any atom is -0.383 e. The number of alkyl halides is 3. The van der Waals surface area contributed by atoms with E-state index in [0.29, 0.717) is 16.5 Å². The molecule has 0 aromatic carbocycles. The number of anilines is 1. The maximum absolute atomic E-state index is 12.1. The number of nitrogens with two attached hydrogens (primary N) is 1. The van der Waals surface area contributed by atoms with Crippen LogP contribution in [0.2, 0.25) is 0 Å². The Morgan fingerprint density at radius 2 is 2.19 bits per heavy atom. The molecule has 0 bridgehead atoms. The third-order valence-corrected chi connectivity index (χ3v) is 2.61. The van der Waals surface area contributed by atoms with Crippen LogP contribution in [0.4, 0.5) is 19.0 Å². The van der Waals surface area contributed by atoms with Crippen molar-refractivity contribution in [1.82, 2.24) is 14.8 Å². The Labute approximate surface area is 92.5 Å². The fourth-order valence-corrected chi connectivity index (χ4v) is 1.82. The Hall–Kier alpha value is -1.57. The molecule has 0 aliphatic carbocycles. The number of hydrogen-bond acceptors (Lipinski definition) is 4. The molecule has 2 aromatic rings. The Balaban J connectivity index is 2.20. The summed E-state index contributed by atoms with van der Waals surface area (Å²) < 4.78 is 37.0. The topological polar surface area (TPSA) is 56.7 Å². The smallest absolute Gasteiger partial charge is 0.383 e. The summed E-state index contributed by atoms with van der Waals surface area (Å²) >= 11 is 1.24. The third-order valence-electron chi connectivity index (χ3n) is 1.72. The predicted molar refractivity (Wildman–Crippen MR) is 53.8 cm³/mol. The van der Waals surface area contributed by atoms with E-state index in [1.165, 1.54) is 23.6 Å². The zero-order chi connectivity index (χ0) is 11.8. The zero-order valence-corrected chi connectivity index (χ0v) is 8.72. The minimum absolute atomic E-state index is 0.338. The number of hydrogen-bond donors (Lipinski definition) is 1. The van der Waals surface area contributed by atoms with Crippen LogP contribution >= 0.6 is 11.3 Å². The molecule has 0 fully saturated rings. The summed E-state index contributed by atoms with van der Waals surface area (Å²) in [6, 6.07) is 1.48. The van der Waals surface area contributed by atoms with Gasteiger partial charge in [-0.25, -0.2) is 4.98 Å². The van der Waals surface area contributed by atoms with Crippen molar-refractivity contribution in [1.29, 1.82) is 0 Å². The molecule has 2 aromatic heterocycles. The van der Waals surface area contributed by atoms with Crippen LogP contribution in [0.5, 0.6) is 0 Å². The van der Waals surface area contributed by atoms with E-state index >= 15 is 0 Å². The minimum atomic E-state index is -4.27. The van der Waals surface area contributed by atoms with Crippen LogP contribution in [-0.2, 0) is 6.54 Å². The maximum atomic E-state index is 12.1. The fraction of sp³-hybridized carbons (Fsp3) is 0.250. The van der Waals surface area contributed by atoms with Gasteiger partial charge in [-0.05, 0) is 6.07 Å². The van der Waals surface area contributed by atoms with Gasteiger partial charge >= 0.3 is 6.18 Å². The van der Waals surface area contributed by atoms with Gasteiger partial charge < -0.3 is 5.73 Å². The quantitative estimate of drug-likeness (QED) is 0.885. The molecular weight excluding hydrogens is 241 g/mol. The average molecular weight is 248 g/mol. The predicted octanol–water partition coefficient (Wildman–Crippen LogP) is 2.15. The van der Waals surface area contributed by atoms with Crippen molar-refractivity contribution in [3.05, 3.63) is 17.6 Å². The van der Waals surface area contributed by atoms with E-state index in [1.54, 1.807) is 5.38 Å². The molecular formula is C8H7F3N4S. The lowest BCUT2D eigenvalue weighted by Gasteiger charge is -2.04. The molecule has 0 saturated carbocycles. The SMILES string of the molecule is Nc1csc(-c2ccn(CC(F)(F)F)n2)n1. The van der Waals surface area contributed by atoms with E-state index in [9.17, 15) is 13.2 Å². The van der Waals surface area contributed by atoms with Gasteiger partial charge in [0, 0.05) is 11.6 Å². The van der Waals surface area contributed by atoms with Gasteiger partial charge in [-0.3, -0.25) is 4.68 Å². The molecule has 4 nitrogen and oxygen atoms in total. The highest BCUT2D eigenvalue weighted by Crippen LogP contribution is 2.24. The van der Waals surface area contributed by atoms with Gasteiger partial charge in [0.2, 0.25) is 0 Å². The summed E-state index contributed by atoms with van der Waals surface area (Å²) in [7, 11) is 0. The summed E-state index contributed by atoms with van der Waals surface area (Å²) in [6.45, 7) is -1.10. The lowest BCUT2D eigenvalue weighted by Crippen LogP contribution is -2.17. The third kappa shape index (κ3) is 2.51. The molecule has 2 rings (SSSR count). The van der Waals surface area contributed by atoms with E-state index in [2.05, 4.69) is 10.1 Å². The van der Waals surface area contributed by atoms with Crippen LogP contribution in [0.1, 0.15) is 0 Å². The summed E-state index contributed by atoms with van der Waals surface area (Å²) in [5.74, 6) is 0.338. The first-order chi connectivity index (χ1) is 7.44. The standard InChI is InChI=1S/C8H7F3N4S/c9-8(10,11)4-15-2-1-5(14-15)7-13-6(12)3-16-7/h1-3H,4,12H2. The Bertz CT molecular complexity index is 487. The number of aromatic nitrogens is 3. The number of thiazole rings is 1. The Kier molecular flexibility index (Phi) is 2.58. The molecule has 0 aliphatic rings. The molecule has 2 heterocycles. The van der Waals surface area contributed by atoms with Crippen molar-refractivity contribution < 1.29 is 13.2 Å². The van der Waals surface area contributed by atoms with Crippen molar-refractivity contribution >= 4 is 17.2 Å². The summed E-state index contributed by atoms with van der Waals surface area (Å²) in [5, 5.41) is 5.89. The highest BCUT2D eigenvalue weighted by Gasteiger charge is 2.28. The summed E-state index contributed by atoms with van der Waals surface area (Å²) in [5.41, 5.74) is 5.80. The second-order valence-corrected chi connectivity index (χ2v) is 3.95. The lowest BCUT2D eigenvalue weighted by molar-refractivity contribution is -0.142. The van der Waals surface area contributed by atoms with Gasteiger partial charge in [0.15, 0.2) is 0 Å². The largest absolute Gasteiger partial charge is 0.408 e. The molecule has 0 spiro atoms. The Morgan fingerprint density at radius 3 is 2.75 bits per heavy atom. The molecule has 0 unspecified atom stereocenters. The first-order valence-corrected chi connectivity index (χ1v) is 5.13. The molecule has 2 N–H and O–H groups in total. The van der Waals surface area contributed by atoms with Crippen molar-refractivity contribution in [2.75, 3.05) is 5.73 Å². The molecule has 16 heavy (non-hydrogen) atoms. The van der Waals surface area contributed by atoms with Crippen molar-refractivity contribution in [2.45, 2.75) is 12.7 Å². The molecule has 0 amide bonds.